The molecule has 2 aliphatic rings. The Morgan fingerprint density at radius 3 is 2.02 bits per heavy atom. The second-order valence-electron chi connectivity index (χ2n) is 12.4. The molecule has 0 fully saturated rings. The fourth-order valence-corrected chi connectivity index (χ4v) is 8.14. The van der Waals surface area contributed by atoms with Gasteiger partial charge in [0.05, 0.1) is 17.2 Å². The van der Waals surface area contributed by atoms with Gasteiger partial charge in [-0.2, -0.15) is 0 Å². The number of rotatable bonds is 4. The topological polar surface area (TPSA) is 48.1 Å². The molecule has 0 bridgehead atoms. The van der Waals surface area contributed by atoms with Gasteiger partial charge in [0, 0.05) is 43.5 Å². The number of H-pyrrole nitrogens is 1. The number of nitrogens with zero attached hydrogens (tertiary/aromatic N) is 1. The number of nitrogens with one attached hydrogen (secondary N) is 2. The van der Waals surface area contributed by atoms with Crippen molar-refractivity contribution in [1.29, 1.82) is 0 Å². The molecule has 6 aromatic carbocycles. The summed E-state index contributed by atoms with van der Waals surface area (Å²) in [6.07, 6.45) is 0. The number of fused-ring (bicyclic) bond motifs is 8. The second-order valence-corrected chi connectivity index (χ2v) is 13.3. The zero-order valence-corrected chi connectivity index (χ0v) is 27.3. The van der Waals surface area contributed by atoms with Crippen molar-refractivity contribution in [1.82, 2.24) is 4.98 Å². The highest BCUT2D eigenvalue weighted by Gasteiger charge is 2.57. The van der Waals surface area contributed by atoms with Gasteiger partial charge < -0.3 is 10.3 Å². The third-order valence-electron chi connectivity index (χ3n) is 9.87. The summed E-state index contributed by atoms with van der Waals surface area (Å²) in [5, 5.41) is 4.99. The van der Waals surface area contributed by atoms with Crippen LogP contribution in [0.5, 0.6) is 0 Å². The van der Waals surface area contributed by atoms with Crippen LogP contribution in [0.15, 0.2) is 150 Å². The molecule has 47 heavy (non-hydrogen) atoms. The van der Waals surface area contributed by atoms with E-state index in [2.05, 4.69) is 124 Å². The van der Waals surface area contributed by atoms with E-state index in [1.54, 1.807) is 0 Å². The molecule has 1 aromatic heterocycles. The number of carbonyl (C=O) groups excluding carboxylic acids is 1. The Labute approximate surface area is 281 Å². The molecule has 0 radical (unpaired) electrons. The molecular formula is C42H30BrN3O. The zero-order chi connectivity index (χ0) is 31.7. The van der Waals surface area contributed by atoms with Crippen LogP contribution in [0.3, 0.4) is 0 Å². The molecule has 1 amide bonds. The van der Waals surface area contributed by atoms with Gasteiger partial charge in [-0.15, -0.1) is 0 Å². The minimum atomic E-state index is -1.15. The summed E-state index contributed by atoms with van der Waals surface area (Å²) in [5.74, 6) is -0.00929. The zero-order valence-electron chi connectivity index (χ0n) is 25.7. The largest absolute Gasteiger partial charge is 0.363 e. The van der Waals surface area contributed by atoms with Gasteiger partial charge >= 0.3 is 0 Å². The fraction of sp³-hybridized carbons (Fsp3) is 0.0714. The first-order chi connectivity index (χ1) is 23.1. The SMILES string of the molecule is Cc1c(-c2ccccc2)[nH]c2c3c(ccc12)C1(Nc2ccccc2-3)C(=O)N(C(c2ccccc2)c2ccccc2)c2cc(Br)ccc21. The minimum Gasteiger partial charge on any atom is -0.363 e. The van der Waals surface area contributed by atoms with Gasteiger partial charge in [-0.3, -0.25) is 9.69 Å². The summed E-state index contributed by atoms with van der Waals surface area (Å²) in [6, 6.07) is 49.8. The van der Waals surface area contributed by atoms with E-state index < -0.39 is 5.54 Å². The molecule has 3 heterocycles. The first-order valence-corrected chi connectivity index (χ1v) is 16.7. The lowest BCUT2D eigenvalue weighted by Crippen LogP contribution is -2.49. The highest BCUT2D eigenvalue weighted by molar-refractivity contribution is 9.10. The number of aromatic nitrogens is 1. The summed E-state index contributed by atoms with van der Waals surface area (Å²) in [5.41, 5.74) is 11.2. The molecule has 0 saturated heterocycles. The quantitative estimate of drug-likeness (QED) is 0.196. The van der Waals surface area contributed by atoms with E-state index in [0.29, 0.717) is 0 Å². The van der Waals surface area contributed by atoms with Gasteiger partial charge in [0.15, 0.2) is 5.54 Å². The molecule has 1 atom stereocenters. The van der Waals surface area contributed by atoms with E-state index in [1.807, 2.05) is 59.5 Å². The molecule has 0 saturated carbocycles. The van der Waals surface area contributed by atoms with Crippen LogP contribution in [0.1, 0.15) is 33.9 Å². The van der Waals surface area contributed by atoms with Crippen LogP contribution in [-0.2, 0) is 10.3 Å². The van der Waals surface area contributed by atoms with Crippen molar-refractivity contribution in [2.24, 2.45) is 0 Å². The molecule has 9 rings (SSSR count). The lowest BCUT2D eigenvalue weighted by Gasteiger charge is -2.39. The van der Waals surface area contributed by atoms with Crippen LogP contribution in [-0.4, -0.2) is 10.9 Å². The molecule has 226 valence electrons. The second kappa shape index (κ2) is 10.6. The van der Waals surface area contributed by atoms with Gasteiger partial charge in [-0.05, 0) is 47.4 Å². The number of hydrogen-bond donors (Lipinski definition) is 2. The molecule has 4 nitrogen and oxygen atoms in total. The Hall–Kier alpha value is -5.39. The molecule has 2 N–H and O–H groups in total. The molecule has 7 aromatic rings. The third-order valence-corrected chi connectivity index (χ3v) is 10.4. The molecule has 1 unspecified atom stereocenters. The minimum absolute atomic E-state index is 0.00929. The number of hydrogen-bond acceptors (Lipinski definition) is 2. The Morgan fingerprint density at radius 2 is 1.32 bits per heavy atom. The average Bonchev–Trinajstić information content (AvgIpc) is 3.57. The van der Waals surface area contributed by atoms with Crippen LogP contribution < -0.4 is 10.2 Å². The standard InChI is InChI=1S/C42H30BrN3O/c1-26-31-22-24-34-37(39(31)44-38(26)27-13-5-2-6-14-27)32-19-11-12-20-35(32)45-42(34)33-23-21-30(43)25-36(33)46(41(42)47)40(28-15-7-3-8-16-28)29-17-9-4-10-18-29/h2-25,40,44-45H,1H3. The number of carbonyl (C=O) groups is 1. The number of halogens is 1. The Balaban J connectivity index is 1.35. The van der Waals surface area contributed by atoms with Crippen molar-refractivity contribution in [3.8, 4) is 22.4 Å². The molecule has 5 heteroatoms. The summed E-state index contributed by atoms with van der Waals surface area (Å²) in [4.78, 5) is 21.5. The Bertz CT molecular complexity index is 2290. The first-order valence-electron chi connectivity index (χ1n) is 15.9. The lowest BCUT2D eigenvalue weighted by atomic mass is 9.75. The van der Waals surface area contributed by atoms with Gasteiger partial charge in [0.2, 0.25) is 0 Å². The number of aromatic amines is 1. The van der Waals surface area contributed by atoms with Gasteiger partial charge in [-0.1, -0.05) is 143 Å². The van der Waals surface area contributed by atoms with Crippen molar-refractivity contribution in [2.45, 2.75) is 18.5 Å². The fourth-order valence-electron chi connectivity index (χ4n) is 7.79. The third kappa shape index (κ3) is 4.03. The van der Waals surface area contributed by atoms with Gasteiger partial charge in [-0.25, -0.2) is 0 Å². The van der Waals surface area contributed by atoms with E-state index in [1.165, 1.54) is 5.56 Å². The van der Waals surface area contributed by atoms with E-state index in [0.717, 1.165) is 71.4 Å². The van der Waals surface area contributed by atoms with Crippen molar-refractivity contribution < 1.29 is 4.79 Å². The molecule has 2 aliphatic heterocycles. The van der Waals surface area contributed by atoms with E-state index in [4.69, 9.17) is 0 Å². The van der Waals surface area contributed by atoms with E-state index in [9.17, 15) is 0 Å². The highest BCUT2D eigenvalue weighted by atomic mass is 79.9. The lowest BCUT2D eigenvalue weighted by molar-refractivity contribution is -0.121. The molecule has 0 aliphatic carbocycles. The summed E-state index contributed by atoms with van der Waals surface area (Å²) in [6.45, 7) is 2.18. The van der Waals surface area contributed by atoms with E-state index >= 15 is 4.79 Å². The summed E-state index contributed by atoms with van der Waals surface area (Å²) < 4.78 is 0.922. The Morgan fingerprint density at radius 1 is 0.702 bits per heavy atom. The van der Waals surface area contributed by atoms with Crippen LogP contribution in [0, 0.1) is 6.92 Å². The maximum absolute atomic E-state index is 15.7. The van der Waals surface area contributed by atoms with Crippen molar-refractivity contribution in [2.75, 3.05) is 10.2 Å². The van der Waals surface area contributed by atoms with Gasteiger partial charge in [0.25, 0.3) is 5.91 Å². The summed E-state index contributed by atoms with van der Waals surface area (Å²) in [7, 11) is 0. The number of anilines is 2. The molecular weight excluding hydrogens is 642 g/mol. The summed E-state index contributed by atoms with van der Waals surface area (Å²) >= 11 is 3.75. The van der Waals surface area contributed by atoms with Crippen LogP contribution in [0.4, 0.5) is 11.4 Å². The maximum atomic E-state index is 15.7. The maximum Gasteiger partial charge on any atom is 0.263 e. The smallest absolute Gasteiger partial charge is 0.263 e. The number of aryl methyl sites for hydroxylation is 1. The van der Waals surface area contributed by atoms with Crippen molar-refractivity contribution in [3.05, 3.63) is 178 Å². The molecule has 1 spiro atoms. The van der Waals surface area contributed by atoms with Crippen molar-refractivity contribution in [3.63, 3.8) is 0 Å². The number of benzene rings is 6. The predicted octanol–water partition coefficient (Wildman–Crippen LogP) is 10.4. The van der Waals surface area contributed by atoms with E-state index in [-0.39, 0.29) is 11.9 Å². The van der Waals surface area contributed by atoms with Crippen LogP contribution >= 0.6 is 15.9 Å². The average molecular weight is 673 g/mol. The monoisotopic (exact) mass is 671 g/mol. The van der Waals surface area contributed by atoms with Crippen molar-refractivity contribution >= 4 is 44.1 Å². The number of amides is 1. The predicted molar refractivity (Wildman–Crippen MR) is 195 cm³/mol. The van der Waals surface area contributed by atoms with Crippen LogP contribution in [0.25, 0.3) is 33.3 Å². The Kier molecular flexibility index (Phi) is 6.28. The van der Waals surface area contributed by atoms with Crippen LogP contribution in [0.2, 0.25) is 0 Å². The highest BCUT2D eigenvalue weighted by Crippen LogP contribution is 2.57. The first kappa shape index (κ1) is 27.9. The van der Waals surface area contributed by atoms with Gasteiger partial charge in [0.1, 0.15) is 0 Å². The normalized spacial score (nSPS) is 16.3. The number of para-hydroxylation sites is 1.